The van der Waals surface area contributed by atoms with Gasteiger partial charge in [-0.15, -0.1) is 0 Å². The second-order valence-corrected chi connectivity index (χ2v) is 8.65. The summed E-state index contributed by atoms with van der Waals surface area (Å²) in [4.78, 5) is 12.5. The van der Waals surface area contributed by atoms with Crippen molar-refractivity contribution in [2.24, 2.45) is 0 Å². The van der Waals surface area contributed by atoms with Gasteiger partial charge in [-0.05, 0) is 49.4 Å². The Hall–Kier alpha value is -3.63. The molecule has 0 amide bonds. The highest BCUT2D eigenvalue weighted by atomic mass is 32.2. The molecule has 0 aliphatic rings. The number of anilines is 1. The minimum Gasteiger partial charge on any atom is -0.457 e. The molecule has 30 heavy (non-hydrogen) atoms. The highest BCUT2D eigenvalue weighted by Crippen LogP contribution is 2.23. The topological polar surface area (TPSA) is 87.5 Å². The Kier molecular flexibility index (Phi) is 6.19. The minimum absolute atomic E-state index is 0.0218. The first-order valence-corrected chi connectivity index (χ1v) is 10.6. The molecule has 0 saturated carbocycles. The Balaban J connectivity index is 1.71. The van der Waals surface area contributed by atoms with E-state index >= 15 is 0 Å². The van der Waals surface area contributed by atoms with Crippen LogP contribution in [0, 0.1) is 18.3 Å². The molecule has 0 atom stereocenters. The van der Waals surface area contributed by atoms with Crippen LogP contribution in [0.3, 0.4) is 0 Å². The number of sulfonamides is 1. The van der Waals surface area contributed by atoms with Crippen molar-refractivity contribution in [2.75, 3.05) is 11.4 Å². The first-order valence-electron chi connectivity index (χ1n) is 9.14. The van der Waals surface area contributed by atoms with Gasteiger partial charge in [-0.3, -0.25) is 4.31 Å². The van der Waals surface area contributed by atoms with E-state index in [9.17, 15) is 13.2 Å². The van der Waals surface area contributed by atoms with Crippen molar-refractivity contribution in [3.05, 3.63) is 95.1 Å². The smallest absolute Gasteiger partial charge is 0.338 e. The van der Waals surface area contributed by atoms with E-state index in [2.05, 4.69) is 6.07 Å². The van der Waals surface area contributed by atoms with Gasteiger partial charge < -0.3 is 4.74 Å². The fourth-order valence-corrected chi connectivity index (χ4v) is 3.99. The zero-order chi connectivity index (χ0) is 21.7. The van der Waals surface area contributed by atoms with E-state index in [1.807, 2.05) is 6.92 Å². The lowest BCUT2D eigenvalue weighted by molar-refractivity contribution is 0.0472. The van der Waals surface area contributed by atoms with Crippen molar-refractivity contribution in [1.29, 1.82) is 5.26 Å². The molecule has 0 aliphatic carbocycles. The van der Waals surface area contributed by atoms with E-state index in [0.29, 0.717) is 16.8 Å². The maximum Gasteiger partial charge on any atom is 0.338 e. The lowest BCUT2D eigenvalue weighted by Gasteiger charge is -2.20. The highest BCUT2D eigenvalue weighted by Gasteiger charge is 2.21. The Morgan fingerprint density at radius 3 is 2.27 bits per heavy atom. The second-order valence-electron chi connectivity index (χ2n) is 6.68. The summed E-state index contributed by atoms with van der Waals surface area (Å²) in [6.07, 6.45) is 0. The van der Waals surface area contributed by atoms with Crippen molar-refractivity contribution in [3.8, 4) is 6.07 Å². The SMILES string of the molecule is Cc1ccc(S(=O)(=O)N(C)c2ccc(C(=O)OCc3ccccc3C#N)cc2)cc1. The third kappa shape index (κ3) is 4.50. The summed E-state index contributed by atoms with van der Waals surface area (Å²) in [5, 5.41) is 9.10. The molecular formula is C23H20N2O4S. The molecule has 0 bridgehead atoms. The molecule has 3 rings (SSSR count). The molecule has 3 aromatic rings. The number of ether oxygens (including phenoxy) is 1. The summed E-state index contributed by atoms with van der Waals surface area (Å²) in [6, 6.07) is 21.7. The number of hydrogen-bond donors (Lipinski definition) is 0. The van der Waals surface area contributed by atoms with E-state index in [4.69, 9.17) is 10.00 Å². The van der Waals surface area contributed by atoms with Crippen LogP contribution in [0.5, 0.6) is 0 Å². The van der Waals surface area contributed by atoms with Gasteiger partial charge in [-0.25, -0.2) is 13.2 Å². The predicted molar refractivity (Wildman–Crippen MR) is 113 cm³/mol. The van der Waals surface area contributed by atoms with Crippen LogP contribution in [-0.4, -0.2) is 21.4 Å². The Bertz CT molecular complexity index is 1200. The third-order valence-corrected chi connectivity index (χ3v) is 6.44. The average Bonchev–Trinajstić information content (AvgIpc) is 2.77. The number of rotatable bonds is 6. The summed E-state index contributed by atoms with van der Waals surface area (Å²) < 4.78 is 32.0. The van der Waals surface area contributed by atoms with E-state index in [1.54, 1.807) is 60.7 Å². The van der Waals surface area contributed by atoms with Gasteiger partial charge in [0.1, 0.15) is 6.61 Å². The zero-order valence-corrected chi connectivity index (χ0v) is 17.4. The van der Waals surface area contributed by atoms with Gasteiger partial charge in [0.25, 0.3) is 10.0 Å². The Morgan fingerprint density at radius 2 is 1.63 bits per heavy atom. The largest absolute Gasteiger partial charge is 0.457 e. The quantitative estimate of drug-likeness (QED) is 0.562. The molecule has 7 heteroatoms. The van der Waals surface area contributed by atoms with Gasteiger partial charge in [-0.2, -0.15) is 5.26 Å². The van der Waals surface area contributed by atoms with Crippen LogP contribution in [0.15, 0.2) is 77.7 Å². The monoisotopic (exact) mass is 420 g/mol. The predicted octanol–water partition coefficient (Wildman–Crippen LogP) is 4.05. The van der Waals surface area contributed by atoms with Crippen LogP contribution in [0.25, 0.3) is 0 Å². The fourth-order valence-electron chi connectivity index (χ4n) is 2.80. The van der Waals surface area contributed by atoms with Crippen molar-refractivity contribution in [3.63, 3.8) is 0 Å². The van der Waals surface area contributed by atoms with Crippen molar-refractivity contribution in [1.82, 2.24) is 0 Å². The zero-order valence-electron chi connectivity index (χ0n) is 16.6. The second kappa shape index (κ2) is 8.80. The molecule has 6 nitrogen and oxygen atoms in total. The van der Waals surface area contributed by atoms with Gasteiger partial charge in [0.05, 0.1) is 27.8 Å². The molecule has 0 aliphatic heterocycles. The number of benzene rings is 3. The number of hydrogen-bond acceptors (Lipinski definition) is 5. The van der Waals surface area contributed by atoms with Crippen LogP contribution in [-0.2, 0) is 21.4 Å². The fraction of sp³-hybridized carbons (Fsp3) is 0.130. The standard InChI is InChI=1S/C23H20N2O4S/c1-17-7-13-22(14-8-17)30(27,28)25(2)21-11-9-18(10-12-21)23(26)29-16-20-6-4-3-5-19(20)15-24/h3-14H,16H2,1-2H3. The van der Waals surface area contributed by atoms with Crippen molar-refractivity contribution < 1.29 is 17.9 Å². The molecular weight excluding hydrogens is 400 g/mol. The first-order chi connectivity index (χ1) is 14.3. The lowest BCUT2D eigenvalue weighted by atomic mass is 10.1. The molecule has 0 heterocycles. The average molecular weight is 420 g/mol. The van der Waals surface area contributed by atoms with Crippen LogP contribution >= 0.6 is 0 Å². The highest BCUT2D eigenvalue weighted by molar-refractivity contribution is 7.92. The molecule has 0 saturated heterocycles. The summed E-state index contributed by atoms with van der Waals surface area (Å²) in [5.41, 5.74) is 2.74. The third-order valence-electron chi connectivity index (χ3n) is 4.64. The van der Waals surface area contributed by atoms with E-state index in [-0.39, 0.29) is 17.1 Å². The molecule has 152 valence electrons. The van der Waals surface area contributed by atoms with Gasteiger partial charge in [0.15, 0.2) is 0 Å². The molecule has 0 spiro atoms. The number of esters is 1. The number of nitrogens with zero attached hydrogens (tertiary/aromatic N) is 2. The van der Waals surface area contributed by atoms with Gasteiger partial charge in [-0.1, -0.05) is 35.9 Å². The van der Waals surface area contributed by atoms with Crippen molar-refractivity contribution in [2.45, 2.75) is 18.4 Å². The van der Waals surface area contributed by atoms with Crippen LogP contribution in [0.4, 0.5) is 5.69 Å². The van der Waals surface area contributed by atoms with Gasteiger partial charge >= 0.3 is 5.97 Å². The number of nitriles is 1. The molecule has 0 radical (unpaired) electrons. The van der Waals surface area contributed by atoms with E-state index < -0.39 is 16.0 Å². The normalized spacial score (nSPS) is 10.8. The molecule has 0 aromatic heterocycles. The van der Waals surface area contributed by atoms with Crippen molar-refractivity contribution >= 4 is 21.7 Å². The number of carbonyl (C=O) groups is 1. The number of carbonyl (C=O) groups excluding carboxylic acids is 1. The van der Waals surface area contributed by atoms with Crippen LogP contribution < -0.4 is 4.31 Å². The Labute approximate surface area is 176 Å². The Morgan fingerprint density at radius 1 is 1.00 bits per heavy atom. The molecule has 0 unspecified atom stereocenters. The first kappa shape index (κ1) is 21.1. The van der Waals surface area contributed by atoms with Gasteiger partial charge in [0.2, 0.25) is 0 Å². The number of aryl methyl sites for hydroxylation is 1. The maximum absolute atomic E-state index is 12.8. The van der Waals surface area contributed by atoms with Crippen LogP contribution in [0.1, 0.15) is 27.0 Å². The molecule has 3 aromatic carbocycles. The lowest BCUT2D eigenvalue weighted by Crippen LogP contribution is -2.26. The summed E-state index contributed by atoms with van der Waals surface area (Å²) >= 11 is 0. The van der Waals surface area contributed by atoms with Gasteiger partial charge in [0, 0.05) is 12.6 Å². The maximum atomic E-state index is 12.8. The molecule has 0 N–H and O–H groups in total. The summed E-state index contributed by atoms with van der Waals surface area (Å²) in [7, 11) is -2.25. The van der Waals surface area contributed by atoms with E-state index in [0.717, 1.165) is 9.87 Å². The van der Waals surface area contributed by atoms with E-state index in [1.165, 1.54) is 19.2 Å². The van der Waals surface area contributed by atoms with Crippen LogP contribution in [0.2, 0.25) is 0 Å². The minimum atomic E-state index is -3.71. The molecule has 0 fully saturated rings. The summed E-state index contributed by atoms with van der Waals surface area (Å²) in [5.74, 6) is -0.557. The summed E-state index contributed by atoms with van der Waals surface area (Å²) in [6.45, 7) is 1.86.